The number of cyclic esters (lactones) is 1. The first-order valence-electron chi connectivity index (χ1n) is 24.7. The van der Waals surface area contributed by atoms with Crippen molar-refractivity contribution in [3.8, 4) is 143 Å². The predicted molar refractivity (Wildman–Crippen MR) is 282 cm³/mol. The molecule has 0 aliphatic carbocycles. The number of benzene rings is 7. The highest BCUT2D eigenvalue weighted by Gasteiger charge is 2.56. The summed E-state index contributed by atoms with van der Waals surface area (Å²) in [6.07, 6.45) is -13.9. The minimum atomic E-state index is -2.96. The Morgan fingerprint density at radius 1 is 0.385 bits per heavy atom. The normalized spacial score (nSPS) is 16.9. The van der Waals surface area contributed by atoms with Crippen LogP contribution in [0.4, 0.5) is 0 Å². The fraction of sp³-hybridized carbons (Fsp3) is 0.109. The van der Waals surface area contributed by atoms with Gasteiger partial charge in [0.15, 0.2) is 98.5 Å². The molecule has 0 unspecified atom stereocenters. The van der Waals surface area contributed by atoms with Crippen molar-refractivity contribution in [2.75, 3.05) is 6.61 Å². The zero-order chi connectivity index (χ0) is 66.8. The van der Waals surface area contributed by atoms with Crippen LogP contribution >= 0.6 is 0 Å². The van der Waals surface area contributed by atoms with E-state index in [0.29, 0.717) is 54.6 Å². The Labute approximate surface area is 499 Å². The minimum Gasteiger partial charge on any atom is -0.504 e. The van der Waals surface area contributed by atoms with Crippen molar-refractivity contribution in [2.45, 2.75) is 30.7 Å². The molecule has 36 nitrogen and oxygen atoms in total. The number of esters is 5. The maximum atomic E-state index is 14.9. The Hall–Kier alpha value is -13.4. The number of carboxylic acids is 2. The maximum Gasteiger partial charge on any atom is 0.342 e. The van der Waals surface area contributed by atoms with Crippen molar-refractivity contribution in [3.63, 3.8) is 0 Å². The maximum absolute atomic E-state index is 14.9. The zero-order valence-electron chi connectivity index (χ0n) is 44.4. The minimum absolute atomic E-state index is 0.218. The Morgan fingerprint density at radius 3 is 1.34 bits per heavy atom. The van der Waals surface area contributed by atoms with Crippen molar-refractivity contribution >= 4 is 41.8 Å². The Kier molecular flexibility index (Phi) is 15.8. The quantitative estimate of drug-likeness (QED) is 0.0473. The Morgan fingerprint density at radius 2 is 0.813 bits per heavy atom. The van der Waals surface area contributed by atoms with Gasteiger partial charge in [0.25, 0.3) is 0 Å². The van der Waals surface area contributed by atoms with Gasteiger partial charge in [-0.25, -0.2) is 33.6 Å². The average Bonchev–Trinajstić information content (AvgIpc) is 2.56. The summed E-state index contributed by atoms with van der Waals surface area (Å²) in [5.41, 5.74) is -10.2. The van der Waals surface area contributed by atoms with E-state index >= 15 is 0 Å². The highest BCUT2D eigenvalue weighted by atomic mass is 16.7. The molecule has 0 radical (unpaired) electrons. The molecule has 36 heteroatoms. The number of phenolic OH excluding ortho intramolecular Hbond substituents is 19. The summed E-state index contributed by atoms with van der Waals surface area (Å²) in [6.45, 7) is -1.48. The molecule has 7 aromatic carbocycles. The SMILES string of the molecule is O=C(O)c1cc(O)c(O)c(Oc2c(C(=O)O[C@H]3[C@H](OC(=O)c4cc(O)c(Oc5c(C(=O)O)cc(O)c(O)c5O)c(O)c4)O[C@@H]4COC(=O)c5cc(O)c(O)c(O)c5-c5c(cc(O)c(O)c5O)C(=O)O[C@H]4[C@H]3OC(=O)c3cc(O)c(O)c(O)c3)cc(O)c(O)c2O)c1. The van der Waals surface area contributed by atoms with Crippen molar-refractivity contribution in [2.24, 2.45) is 0 Å². The summed E-state index contributed by atoms with van der Waals surface area (Å²) >= 11 is 0. The summed E-state index contributed by atoms with van der Waals surface area (Å²) in [5.74, 6) is -45.0. The molecular weight excluding hydrogens is 1240 g/mol. The first-order chi connectivity index (χ1) is 42.7. The second-order valence-corrected chi connectivity index (χ2v) is 19.0. The van der Waals surface area contributed by atoms with Crippen molar-refractivity contribution in [1.29, 1.82) is 0 Å². The van der Waals surface area contributed by atoms with Crippen LogP contribution in [-0.2, 0) is 28.4 Å². The van der Waals surface area contributed by atoms with Crippen LogP contribution in [0.5, 0.6) is 132 Å². The van der Waals surface area contributed by atoms with E-state index in [0.717, 1.165) is 0 Å². The number of carbonyl (C=O) groups excluding carboxylic acids is 5. The lowest BCUT2D eigenvalue weighted by Crippen LogP contribution is -2.63. The van der Waals surface area contributed by atoms with Crippen LogP contribution < -0.4 is 9.47 Å². The molecule has 5 atom stereocenters. The number of carbonyl (C=O) groups is 7. The summed E-state index contributed by atoms with van der Waals surface area (Å²) < 4.78 is 44.6. The fourth-order valence-corrected chi connectivity index (χ4v) is 8.92. The molecule has 0 amide bonds. The number of phenols is 19. The number of carboxylic acid groups (broad SMARTS) is 2. The lowest BCUT2D eigenvalue weighted by molar-refractivity contribution is -0.282. The number of aromatic hydroxyl groups is 19. The molecule has 1 fully saturated rings. The van der Waals surface area contributed by atoms with E-state index in [9.17, 15) is 141 Å². The number of ether oxygens (including phenoxy) is 8. The molecule has 0 spiro atoms. The van der Waals surface area contributed by atoms with Gasteiger partial charge in [0.2, 0.25) is 58.4 Å². The molecule has 0 bridgehead atoms. The van der Waals surface area contributed by atoms with Gasteiger partial charge in [0.05, 0.1) is 27.8 Å². The molecule has 91 heavy (non-hydrogen) atoms. The van der Waals surface area contributed by atoms with Crippen molar-refractivity contribution in [3.05, 3.63) is 99.6 Å². The third-order valence-electron chi connectivity index (χ3n) is 13.3. The van der Waals surface area contributed by atoms with Gasteiger partial charge in [-0.3, -0.25) is 0 Å². The van der Waals surface area contributed by atoms with Gasteiger partial charge >= 0.3 is 41.8 Å². The van der Waals surface area contributed by atoms with Crippen LogP contribution in [0.3, 0.4) is 0 Å². The molecule has 474 valence electrons. The molecule has 2 heterocycles. The summed E-state index contributed by atoms with van der Waals surface area (Å²) in [7, 11) is 0. The third-order valence-corrected chi connectivity index (χ3v) is 13.3. The van der Waals surface area contributed by atoms with Gasteiger partial charge in [-0.2, -0.15) is 0 Å². The first kappa shape index (κ1) is 62.1. The number of hydrogen-bond acceptors (Lipinski definition) is 34. The van der Waals surface area contributed by atoms with E-state index in [1.165, 1.54) is 0 Å². The van der Waals surface area contributed by atoms with Crippen LogP contribution in [0, 0.1) is 0 Å². The molecule has 21 N–H and O–H groups in total. The van der Waals surface area contributed by atoms with E-state index in [2.05, 4.69) is 0 Å². The van der Waals surface area contributed by atoms with E-state index < -0.39 is 261 Å². The number of fused-ring (bicyclic) bond motifs is 4. The molecule has 0 aromatic heterocycles. The summed E-state index contributed by atoms with van der Waals surface area (Å²) in [4.78, 5) is 96.7. The van der Waals surface area contributed by atoms with E-state index in [-0.39, 0.29) is 6.07 Å². The summed E-state index contributed by atoms with van der Waals surface area (Å²) in [6, 6.07) is 3.78. The van der Waals surface area contributed by atoms with E-state index in [4.69, 9.17) is 37.9 Å². The van der Waals surface area contributed by atoms with Gasteiger partial charge in [0, 0.05) is 23.3 Å². The van der Waals surface area contributed by atoms with Crippen molar-refractivity contribution < 1.29 is 179 Å². The predicted octanol–water partition coefficient (Wildman–Crippen LogP) is 3.47. The van der Waals surface area contributed by atoms with Crippen LogP contribution in [0.1, 0.15) is 72.5 Å². The number of rotatable bonds is 12. The average molecular weight is 1270 g/mol. The monoisotopic (exact) mass is 1270 g/mol. The van der Waals surface area contributed by atoms with Crippen LogP contribution in [0.2, 0.25) is 0 Å². The molecule has 2 aliphatic rings. The molecule has 1 saturated heterocycles. The topological polar surface area (TPSA) is 618 Å². The molecule has 7 aromatic rings. The second kappa shape index (κ2) is 23.1. The van der Waals surface area contributed by atoms with E-state index in [1.54, 1.807) is 0 Å². The molecular formula is C55H38O36. The highest BCUT2D eigenvalue weighted by molar-refractivity contribution is 6.08. The van der Waals surface area contributed by atoms with Gasteiger partial charge in [0.1, 0.15) is 23.8 Å². The summed E-state index contributed by atoms with van der Waals surface area (Å²) in [5, 5.41) is 222. The van der Waals surface area contributed by atoms with Gasteiger partial charge < -0.3 is 145 Å². The van der Waals surface area contributed by atoms with E-state index in [1.807, 2.05) is 0 Å². The fourth-order valence-electron chi connectivity index (χ4n) is 8.92. The standard InChI is InChI=1S/C55H38O36/c56-19-2-13(3-20(57)32(19)65)50(79)89-46-45-29(11-84-52(81)15-7-22(59)34(67)38(71)30(15)31-16(53(82)88-45)8-23(60)35(68)39(31)72)86-55(91-51(80)14-4-26(63)44(27(64)5-14)87-42-17(49(77)78)9-24(61)36(69)40(42)73)47(46)90-54(83)18-10-25(62)37(70)41(74)43(18)85-28-6-12(48(75)76)1-21(58)33(28)66/h1-10,29,45-47,55-74H,11H2,(H,75,76)(H,77,78)/t29-,45-,46-,47-,55+/m1/s1. The largest absolute Gasteiger partial charge is 0.504 e. The van der Waals surface area contributed by atoms with Crippen LogP contribution in [0.25, 0.3) is 11.1 Å². The van der Waals surface area contributed by atoms with Gasteiger partial charge in [-0.15, -0.1) is 0 Å². The number of hydrogen-bond donors (Lipinski definition) is 21. The Bertz CT molecular complexity index is 4270. The highest BCUT2D eigenvalue weighted by Crippen LogP contribution is 2.55. The number of aromatic carboxylic acids is 2. The van der Waals surface area contributed by atoms with Gasteiger partial charge in [-0.05, 0) is 48.5 Å². The van der Waals surface area contributed by atoms with Crippen molar-refractivity contribution in [1.82, 2.24) is 0 Å². The molecule has 2 aliphatic heterocycles. The first-order valence-corrected chi connectivity index (χ1v) is 24.7. The third kappa shape index (κ3) is 11.1. The zero-order valence-corrected chi connectivity index (χ0v) is 44.4. The van der Waals surface area contributed by atoms with Crippen LogP contribution in [0.15, 0.2) is 60.7 Å². The lowest BCUT2D eigenvalue weighted by Gasteiger charge is -2.43. The molecule has 9 rings (SSSR count). The van der Waals surface area contributed by atoms with Crippen LogP contribution in [-0.4, -0.2) is 186 Å². The van der Waals surface area contributed by atoms with Gasteiger partial charge in [-0.1, -0.05) is 0 Å². The second-order valence-electron chi connectivity index (χ2n) is 19.0. The smallest absolute Gasteiger partial charge is 0.342 e. The molecule has 0 saturated carbocycles. The lowest BCUT2D eigenvalue weighted by atomic mass is 9.92. The Balaban J connectivity index is 1.24.